The lowest BCUT2D eigenvalue weighted by atomic mass is 10.0. The molecule has 7 nitrogen and oxygen atoms in total. The van der Waals surface area contributed by atoms with Crippen LogP contribution in [0, 0.1) is 0 Å². The van der Waals surface area contributed by atoms with Crippen LogP contribution in [0.5, 0.6) is 0 Å². The summed E-state index contributed by atoms with van der Waals surface area (Å²) in [5.41, 5.74) is 1.20. The lowest BCUT2D eigenvalue weighted by Crippen LogP contribution is -2.46. The van der Waals surface area contributed by atoms with Gasteiger partial charge in [0.1, 0.15) is 17.7 Å². The van der Waals surface area contributed by atoms with E-state index in [9.17, 15) is 22.4 Å². The third-order valence-corrected chi connectivity index (χ3v) is 8.01. The van der Waals surface area contributed by atoms with Crippen molar-refractivity contribution in [2.45, 2.75) is 37.9 Å². The Hall–Kier alpha value is -3.03. The molecule has 0 unspecified atom stereocenters. The maximum Gasteiger partial charge on any atom is 0.406 e. The van der Waals surface area contributed by atoms with Crippen molar-refractivity contribution in [2.75, 3.05) is 25.5 Å². The summed E-state index contributed by atoms with van der Waals surface area (Å²) >= 11 is 2.42. The number of halogens is 4. The second-order valence-corrected chi connectivity index (χ2v) is 11.0. The molecule has 1 amide bonds. The molecule has 0 radical (unpaired) electrons. The van der Waals surface area contributed by atoms with Crippen LogP contribution in [0.3, 0.4) is 0 Å². The molecule has 1 fully saturated rings. The van der Waals surface area contributed by atoms with E-state index in [4.69, 9.17) is 0 Å². The smallest absolute Gasteiger partial charge is 0.379 e. The molecular formula is C24H24F4N6OS2. The third-order valence-electron chi connectivity index (χ3n) is 6.20. The first-order valence-corrected chi connectivity index (χ1v) is 13.3. The average Bonchev–Trinajstić information content (AvgIpc) is 3.59. The van der Waals surface area contributed by atoms with Crippen molar-refractivity contribution in [1.29, 1.82) is 0 Å². The Morgan fingerprint density at radius 2 is 2.05 bits per heavy atom. The molecule has 1 aliphatic rings. The van der Waals surface area contributed by atoms with Gasteiger partial charge in [0.2, 0.25) is 0 Å². The monoisotopic (exact) mass is 552 g/mol. The number of alkyl halides is 4. The third kappa shape index (κ3) is 5.78. The summed E-state index contributed by atoms with van der Waals surface area (Å²) in [6.45, 7) is -0.0798. The number of nitrogens with one attached hydrogen (secondary N) is 2. The van der Waals surface area contributed by atoms with Crippen LogP contribution in [0.25, 0.3) is 21.6 Å². The van der Waals surface area contributed by atoms with Crippen LogP contribution in [0.15, 0.2) is 41.8 Å². The topological polar surface area (TPSA) is 75.1 Å². The molecule has 2 N–H and O–H groups in total. The zero-order valence-corrected chi connectivity index (χ0v) is 21.4. The van der Waals surface area contributed by atoms with Crippen LogP contribution in [0.4, 0.5) is 23.2 Å². The molecule has 196 valence electrons. The number of fused-ring (bicyclic) bond motifs is 1. The van der Waals surface area contributed by atoms with Gasteiger partial charge in [0, 0.05) is 24.2 Å². The second kappa shape index (κ2) is 10.4. The first kappa shape index (κ1) is 25.6. The normalized spacial score (nSPS) is 18.8. The number of hydrogen-bond acceptors (Lipinski definition) is 7. The first-order valence-electron chi connectivity index (χ1n) is 11.6. The number of benzene rings is 1. The quantitative estimate of drug-likeness (QED) is 0.310. The van der Waals surface area contributed by atoms with E-state index in [1.54, 1.807) is 41.8 Å². The molecule has 4 aromatic rings. The summed E-state index contributed by atoms with van der Waals surface area (Å²) in [5, 5.41) is 17.3. The summed E-state index contributed by atoms with van der Waals surface area (Å²) in [5.74, 6) is -0.256. The Morgan fingerprint density at radius 3 is 2.78 bits per heavy atom. The molecule has 0 saturated carbocycles. The highest BCUT2D eigenvalue weighted by molar-refractivity contribution is 7.14. The zero-order chi connectivity index (χ0) is 26.2. The van der Waals surface area contributed by atoms with Gasteiger partial charge in [0.15, 0.2) is 5.01 Å². The highest BCUT2D eigenvalue weighted by atomic mass is 32.1. The van der Waals surface area contributed by atoms with Crippen molar-refractivity contribution < 1.29 is 22.4 Å². The summed E-state index contributed by atoms with van der Waals surface area (Å²) in [6, 6.07) is 9.70. The zero-order valence-electron chi connectivity index (χ0n) is 19.8. The Kier molecular flexibility index (Phi) is 7.19. The lowest BCUT2D eigenvalue weighted by molar-refractivity contribution is -0.139. The molecule has 1 saturated heterocycles. The predicted molar refractivity (Wildman–Crippen MR) is 137 cm³/mol. The van der Waals surface area contributed by atoms with E-state index >= 15 is 0 Å². The number of rotatable bonds is 7. The van der Waals surface area contributed by atoms with E-state index in [1.165, 1.54) is 11.3 Å². The fourth-order valence-electron chi connectivity index (χ4n) is 4.44. The standard InChI is InChI=1S/C24H24F4N6OS2/c1-33-8-7-17(15(25)12-33)30-16-4-2-5-18-14(16)10-19(34(18)13-24(26,27)28)23-32-31-21(37-23)11-29-22(35)20-6-3-9-36-20/h2-6,9-10,15,17,30H,7-8,11-13H2,1H3,(H,29,35)/t15-,17+/m1/s1. The minimum absolute atomic E-state index is 0.106. The van der Waals surface area contributed by atoms with Gasteiger partial charge in [-0.15, -0.1) is 21.5 Å². The van der Waals surface area contributed by atoms with Crippen LogP contribution >= 0.6 is 22.7 Å². The fraction of sp³-hybridized carbons (Fsp3) is 0.375. The molecule has 37 heavy (non-hydrogen) atoms. The van der Waals surface area contributed by atoms with Gasteiger partial charge in [-0.1, -0.05) is 23.5 Å². The number of amides is 1. The van der Waals surface area contributed by atoms with Gasteiger partial charge in [-0.25, -0.2) is 4.39 Å². The van der Waals surface area contributed by atoms with Crippen molar-refractivity contribution >= 4 is 45.2 Å². The number of carbonyl (C=O) groups excluding carboxylic acids is 1. The molecule has 2 atom stereocenters. The van der Waals surface area contributed by atoms with Gasteiger partial charge in [-0.3, -0.25) is 4.79 Å². The molecule has 0 bridgehead atoms. The van der Waals surface area contributed by atoms with Gasteiger partial charge in [-0.2, -0.15) is 13.2 Å². The molecule has 1 aromatic carbocycles. The Labute approximate surface area is 218 Å². The molecule has 13 heteroatoms. The van der Waals surface area contributed by atoms with Gasteiger partial charge in [0.05, 0.1) is 28.7 Å². The Bertz CT molecular complexity index is 1380. The van der Waals surface area contributed by atoms with Crippen LogP contribution in [0.1, 0.15) is 21.1 Å². The molecule has 5 rings (SSSR count). The van der Waals surface area contributed by atoms with Crippen LogP contribution < -0.4 is 10.6 Å². The van der Waals surface area contributed by atoms with Crippen molar-refractivity contribution in [3.63, 3.8) is 0 Å². The number of anilines is 1. The van der Waals surface area contributed by atoms with E-state index in [1.807, 2.05) is 11.9 Å². The van der Waals surface area contributed by atoms with E-state index in [2.05, 4.69) is 20.8 Å². The molecular weight excluding hydrogens is 528 g/mol. The van der Waals surface area contributed by atoms with E-state index < -0.39 is 24.9 Å². The summed E-state index contributed by atoms with van der Waals surface area (Å²) in [6.07, 6.45) is -4.98. The summed E-state index contributed by atoms with van der Waals surface area (Å²) < 4.78 is 56.6. The number of piperidine rings is 1. The van der Waals surface area contributed by atoms with Crippen LogP contribution in [-0.4, -0.2) is 64.1 Å². The lowest BCUT2D eigenvalue weighted by Gasteiger charge is -2.33. The Balaban J connectivity index is 1.45. The number of carbonyl (C=O) groups is 1. The maximum atomic E-state index is 14.7. The first-order chi connectivity index (χ1) is 17.7. The highest BCUT2D eigenvalue weighted by Crippen LogP contribution is 2.36. The van der Waals surface area contributed by atoms with Crippen LogP contribution in [-0.2, 0) is 13.1 Å². The SMILES string of the molecule is CN1CC[C@H](Nc2cccc3c2cc(-c2nnc(CNC(=O)c4cccs4)s2)n3CC(F)(F)F)[C@H](F)C1. The number of likely N-dealkylation sites (tertiary alicyclic amines) is 1. The Morgan fingerprint density at radius 1 is 1.22 bits per heavy atom. The summed E-state index contributed by atoms with van der Waals surface area (Å²) in [4.78, 5) is 14.7. The molecule has 4 heterocycles. The van der Waals surface area contributed by atoms with Gasteiger partial charge >= 0.3 is 6.18 Å². The molecule has 3 aromatic heterocycles. The van der Waals surface area contributed by atoms with Crippen LogP contribution in [0.2, 0.25) is 0 Å². The van der Waals surface area contributed by atoms with E-state index in [0.717, 1.165) is 22.4 Å². The minimum atomic E-state index is -4.47. The molecule has 0 aliphatic carbocycles. The summed E-state index contributed by atoms with van der Waals surface area (Å²) in [7, 11) is 1.86. The van der Waals surface area contributed by atoms with Gasteiger partial charge in [-0.05, 0) is 43.1 Å². The fourth-order valence-corrected chi connectivity index (χ4v) is 5.88. The largest absolute Gasteiger partial charge is 0.406 e. The maximum absolute atomic E-state index is 14.7. The predicted octanol–water partition coefficient (Wildman–Crippen LogP) is 5.17. The number of hydrogen-bond donors (Lipinski definition) is 2. The van der Waals surface area contributed by atoms with Crippen molar-refractivity contribution in [3.05, 3.63) is 51.7 Å². The number of nitrogens with zero attached hydrogens (tertiary/aromatic N) is 4. The van der Waals surface area contributed by atoms with E-state index in [0.29, 0.717) is 44.4 Å². The van der Waals surface area contributed by atoms with E-state index in [-0.39, 0.29) is 18.1 Å². The number of aromatic nitrogens is 3. The molecule has 0 spiro atoms. The minimum Gasteiger partial charge on any atom is -0.379 e. The highest BCUT2D eigenvalue weighted by Gasteiger charge is 2.32. The van der Waals surface area contributed by atoms with Gasteiger partial charge in [0.25, 0.3) is 5.91 Å². The molecule has 1 aliphatic heterocycles. The number of thiophene rings is 1. The van der Waals surface area contributed by atoms with Crippen molar-refractivity contribution in [3.8, 4) is 10.7 Å². The second-order valence-electron chi connectivity index (χ2n) is 8.95. The van der Waals surface area contributed by atoms with Crippen molar-refractivity contribution in [2.24, 2.45) is 0 Å². The van der Waals surface area contributed by atoms with Gasteiger partial charge < -0.3 is 20.1 Å². The average molecular weight is 553 g/mol. The van der Waals surface area contributed by atoms with Crippen molar-refractivity contribution in [1.82, 2.24) is 25.0 Å².